The minimum atomic E-state index is -0.00539. The second-order valence-corrected chi connectivity index (χ2v) is 7.49. The van der Waals surface area contributed by atoms with Gasteiger partial charge in [0.25, 0.3) is 0 Å². The number of fused-ring (bicyclic) bond motifs is 3. The van der Waals surface area contributed by atoms with E-state index in [-0.39, 0.29) is 5.41 Å². The lowest BCUT2D eigenvalue weighted by molar-refractivity contribution is 0.660. The maximum atomic E-state index is 4.03. The standard InChI is InChI=1S/C26H25N/c1-5-19(6-2)27(20-12-8-7-9-13-20)21-16-17-23-22-14-10-11-15-24(22)26(3,4)25(23)18-21/h5-18H,1H2,2-4H3/b19-6+. The van der Waals surface area contributed by atoms with Crippen molar-refractivity contribution in [2.75, 3.05) is 4.90 Å². The van der Waals surface area contributed by atoms with Crippen LogP contribution in [0.4, 0.5) is 11.4 Å². The molecule has 4 rings (SSSR count). The topological polar surface area (TPSA) is 3.24 Å². The number of hydrogen-bond acceptors (Lipinski definition) is 1. The first-order valence-corrected chi connectivity index (χ1v) is 9.46. The van der Waals surface area contributed by atoms with Crippen molar-refractivity contribution in [2.24, 2.45) is 0 Å². The Bertz CT molecular complexity index is 1030. The Morgan fingerprint density at radius 2 is 1.48 bits per heavy atom. The highest BCUT2D eigenvalue weighted by Gasteiger charge is 2.35. The maximum Gasteiger partial charge on any atom is 0.0464 e. The van der Waals surface area contributed by atoms with Crippen LogP contribution in [0.15, 0.2) is 97.2 Å². The van der Waals surface area contributed by atoms with E-state index in [9.17, 15) is 0 Å². The number of hydrogen-bond donors (Lipinski definition) is 0. The van der Waals surface area contributed by atoms with Crippen LogP contribution in [0.1, 0.15) is 31.9 Å². The third kappa shape index (κ3) is 2.71. The van der Waals surface area contributed by atoms with E-state index in [4.69, 9.17) is 0 Å². The van der Waals surface area contributed by atoms with Crippen molar-refractivity contribution in [3.63, 3.8) is 0 Å². The highest BCUT2D eigenvalue weighted by Crippen LogP contribution is 2.50. The van der Waals surface area contributed by atoms with E-state index in [1.165, 1.54) is 22.3 Å². The molecule has 27 heavy (non-hydrogen) atoms. The Kier molecular flexibility index (Phi) is 4.24. The van der Waals surface area contributed by atoms with Gasteiger partial charge in [0.15, 0.2) is 0 Å². The quantitative estimate of drug-likeness (QED) is 0.448. The fourth-order valence-corrected chi connectivity index (χ4v) is 4.19. The third-order valence-electron chi connectivity index (χ3n) is 5.60. The van der Waals surface area contributed by atoms with Crippen LogP contribution < -0.4 is 4.90 Å². The van der Waals surface area contributed by atoms with Crippen molar-refractivity contribution in [3.8, 4) is 11.1 Å². The molecular weight excluding hydrogens is 326 g/mol. The van der Waals surface area contributed by atoms with E-state index in [2.05, 4.69) is 105 Å². The molecule has 3 aromatic rings. The number of nitrogens with zero attached hydrogens (tertiary/aromatic N) is 1. The molecule has 0 saturated carbocycles. The molecule has 134 valence electrons. The van der Waals surface area contributed by atoms with Crippen molar-refractivity contribution in [1.29, 1.82) is 0 Å². The Labute approximate surface area is 162 Å². The lowest BCUT2D eigenvalue weighted by atomic mass is 9.82. The van der Waals surface area contributed by atoms with Gasteiger partial charge in [0, 0.05) is 22.5 Å². The summed E-state index contributed by atoms with van der Waals surface area (Å²) in [6, 6.07) is 26.1. The Balaban J connectivity index is 1.90. The molecule has 0 bridgehead atoms. The van der Waals surface area contributed by atoms with E-state index in [1.807, 2.05) is 12.1 Å². The summed E-state index contributed by atoms with van der Waals surface area (Å²) in [5.41, 5.74) is 8.84. The van der Waals surface area contributed by atoms with Crippen LogP contribution in [0, 0.1) is 0 Å². The van der Waals surface area contributed by atoms with Crippen LogP contribution in [0.25, 0.3) is 11.1 Å². The molecule has 0 spiro atoms. The van der Waals surface area contributed by atoms with Gasteiger partial charge in [0.05, 0.1) is 0 Å². The molecule has 1 aliphatic rings. The van der Waals surface area contributed by atoms with Crippen LogP contribution in [-0.4, -0.2) is 0 Å². The molecule has 0 radical (unpaired) electrons. The van der Waals surface area contributed by atoms with Crippen LogP contribution in [0.3, 0.4) is 0 Å². The summed E-state index contributed by atoms with van der Waals surface area (Å²) >= 11 is 0. The fraction of sp³-hybridized carbons (Fsp3) is 0.154. The van der Waals surface area contributed by atoms with Crippen molar-refractivity contribution < 1.29 is 0 Å². The highest BCUT2D eigenvalue weighted by molar-refractivity contribution is 5.84. The van der Waals surface area contributed by atoms with Gasteiger partial charge in [-0.3, -0.25) is 0 Å². The molecule has 0 N–H and O–H groups in total. The normalized spacial score (nSPS) is 14.4. The summed E-state index contributed by atoms with van der Waals surface area (Å²) in [6.07, 6.45) is 4.02. The molecule has 0 aliphatic heterocycles. The smallest absolute Gasteiger partial charge is 0.0464 e. The molecule has 0 aromatic heterocycles. The van der Waals surface area contributed by atoms with Gasteiger partial charge in [-0.25, -0.2) is 0 Å². The number of para-hydroxylation sites is 1. The molecule has 3 aromatic carbocycles. The predicted octanol–water partition coefficient (Wildman–Crippen LogP) is 7.22. The van der Waals surface area contributed by atoms with Gasteiger partial charge in [-0.05, 0) is 59.5 Å². The number of rotatable bonds is 4. The summed E-state index contributed by atoms with van der Waals surface area (Å²) in [6.45, 7) is 10.7. The molecular formula is C26H25N. The summed E-state index contributed by atoms with van der Waals surface area (Å²) in [5.74, 6) is 0. The van der Waals surface area contributed by atoms with Crippen molar-refractivity contribution >= 4 is 11.4 Å². The molecule has 0 saturated heterocycles. The van der Waals surface area contributed by atoms with Crippen LogP contribution in [-0.2, 0) is 5.41 Å². The van der Waals surface area contributed by atoms with E-state index in [0.717, 1.165) is 17.1 Å². The Morgan fingerprint density at radius 3 is 2.19 bits per heavy atom. The molecule has 0 heterocycles. The number of allylic oxidation sites excluding steroid dienone is 2. The van der Waals surface area contributed by atoms with E-state index in [0.29, 0.717) is 0 Å². The van der Waals surface area contributed by atoms with Gasteiger partial charge in [-0.2, -0.15) is 0 Å². The zero-order valence-corrected chi connectivity index (χ0v) is 16.2. The van der Waals surface area contributed by atoms with Gasteiger partial charge >= 0.3 is 0 Å². The lowest BCUT2D eigenvalue weighted by Gasteiger charge is -2.28. The van der Waals surface area contributed by atoms with Gasteiger partial charge < -0.3 is 4.90 Å². The number of benzene rings is 3. The van der Waals surface area contributed by atoms with Gasteiger partial charge in [0.2, 0.25) is 0 Å². The lowest BCUT2D eigenvalue weighted by Crippen LogP contribution is -2.18. The molecule has 0 atom stereocenters. The van der Waals surface area contributed by atoms with Crippen LogP contribution >= 0.6 is 0 Å². The Hall–Kier alpha value is -3.06. The minimum absolute atomic E-state index is 0.00539. The molecule has 1 heteroatoms. The second kappa shape index (κ2) is 6.59. The largest absolute Gasteiger partial charge is 0.311 e. The minimum Gasteiger partial charge on any atom is -0.311 e. The average Bonchev–Trinajstić information content (AvgIpc) is 2.94. The van der Waals surface area contributed by atoms with Gasteiger partial charge in [-0.15, -0.1) is 0 Å². The molecule has 1 aliphatic carbocycles. The maximum absolute atomic E-state index is 4.03. The summed E-state index contributed by atoms with van der Waals surface area (Å²) < 4.78 is 0. The van der Waals surface area contributed by atoms with E-state index < -0.39 is 0 Å². The first kappa shape index (κ1) is 17.4. The highest BCUT2D eigenvalue weighted by atomic mass is 15.1. The third-order valence-corrected chi connectivity index (χ3v) is 5.60. The second-order valence-electron chi connectivity index (χ2n) is 7.49. The zero-order chi connectivity index (χ0) is 19.0. The molecule has 0 amide bonds. The molecule has 1 nitrogen and oxygen atoms in total. The van der Waals surface area contributed by atoms with E-state index >= 15 is 0 Å². The summed E-state index contributed by atoms with van der Waals surface area (Å²) in [4.78, 5) is 2.27. The SMILES string of the molecule is C=C/C(=C\C)N(c1ccccc1)c1ccc2c(c1)C(C)(C)c1ccccc1-2. The molecule has 0 unspecified atom stereocenters. The summed E-state index contributed by atoms with van der Waals surface area (Å²) in [5, 5.41) is 0. The van der Waals surface area contributed by atoms with Crippen molar-refractivity contribution in [3.05, 3.63) is 108 Å². The molecule has 0 fully saturated rings. The van der Waals surface area contributed by atoms with Crippen molar-refractivity contribution in [2.45, 2.75) is 26.2 Å². The summed E-state index contributed by atoms with van der Waals surface area (Å²) in [7, 11) is 0. The van der Waals surface area contributed by atoms with Gasteiger partial charge in [0.1, 0.15) is 0 Å². The average molecular weight is 351 g/mol. The van der Waals surface area contributed by atoms with E-state index in [1.54, 1.807) is 0 Å². The van der Waals surface area contributed by atoms with Crippen LogP contribution in [0.2, 0.25) is 0 Å². The first-order chi connectivity index (χ1) is 13.1. The Morgan fingerprint density at radius 1 is 0.815 bits per heavy atom. The number of anilines is 2. The van der Waals surface area contributed by atoms with Crippen LogP contribution in [0.5, 0.6) is 0 Å². The zero-order valence-electron chi connectivity index (χ0n) is 16.2. The monoisotopic (exact) mass is 351 g/mol. The first-order valence-electron chi connectivity index (χ1n) is 9.46. The van der Waals surface area contributed by atoms with Gasteiger partial charge in [-0.1, -0.05) is 75.0 Å². The fourth-order valence-electron chi connectivity index (χ4n) is 4.19. The predicted molar refractivity (Wildman–Crippen MR) is 117 cm³/mol. The van der Waals surface area contributed by atoms with Crippen molar-refractivity contribution in [1.82, 2.24) is 0 Å².